The Kier molecular flexibility index (Phi) is 4.69. The third-order valence-electron chi connectivity index (χ3n) is 0.999. The van der Waals surface area contributed by atoms with Gasteiger partial charge in [-0.25, -0.2) is 0 Å². The maximum absolute atomic E-state index is 5.37. The molecule has 0 rings (SSSR count). The van der Waals surface area contributed by atoms with Gasteiger partial charge in [0.05, 0.1) is 11.5 Å². The normalized spacial score (nSPS) is 9.45. The van der Waals surface area contributed by atoms with Gasteiger partial charge in [0.2, 0.25) is 0 Å². The number of allylic oxidation sites excluding steroid dienone is 2. The van der Waals surface area contributed by atoms with Crippen molar-refractivity contribution in [1.82, 2.24) is 0 Å². The molecule has 0 aliphatic carbocycles. The minimum absolute atomic E-state index is 0.727. The van der Waals surface area contributed by atoms with Crippen LogP contribution in [-0.4, -0.2) is 9.28 Å². The summed E-state index contributed by atoms with van der Waals surface area (Å²) in [6.07, 6.45) is 0. The van der Waals surface area contributed by atoms with E-state index >= 15 is 0 Å². The summed E-state index contributed by atoms with van der Waals surface area (Å²) in [6, 6.07) is 0.930. The Morgan fingerprint density at radius 3 is 1.73 bits per heavy atom. The Balaban J connectivity index is 3.76. The van der Waals surface area contributed by atoms with Gasteiger partial charge in [0.15, 0.2) is 0 Å². The van der Waals surface area contributed by atoms with Crippen molar-refractivity contribution in [2.45, 2.75) is 26.8 Å². The van der Waals surface area contributed by atoms with E-state index in [1.54, 1.807) is 0 Å². The van der Waals surface area contributed by atoms with Crippen LogP contribution >= 0.6 is 0 Å². The quantitative estimate of drug-likeness (QED) is 0.468. The molecule has 2 nitrogen and oxygen atoms in total. The monoisotopic (exact) mass is 172 g/mol. The summed E-state index contributed by atoms with van der Waals surface area (Å²) in [5, 5.41) is 0. The zero-order chi connectivity index (χ0) is 8.85. The molecular formula is C8H16O2Si. The first-order valence-corrected chi connectivity index (χ1v) is 5.46. The number of rotatable bonds is 5. The van der Waals surface area contributed by atoms with Crippen molar-refractivity contribution >= 4 is 9.28 Å². The van der Waals surface area contributed by atoms with Gasteiger partial charge in [-0.05, 0) is 13.8 Å². The average Bonchev–Trinajstić information content (AvgIpc) is 1.84. The van der Waals surface area contributed by atoms with Gasteiger partial charge in [0.25, 0.3) is 0 Å². The Bertz CT molecular complexity index is 138. The molecule has 0 heterocycles. The first kappa shape index (κ1) is 10.3. The minimum atomic E-state index is -1.53. The van der Waals surface area contributed by atoms with Crippen LogP contribution in [0.5, 0.6) is 0 Å². The highest BCUT2D eigenvalue weighted by Gasteiger charge is 2.12. The molecule has 0 aliphatic rings. The molecule has 11 heavy (non-hydrogen) atoms. The Morgan fingerprint density at radius 1 is 1.18 bits per heavy atom. The molecule has 0 N–H and O–H groups in total. The lowest BCUT2D eigenvalue weighted by Gasteiger charge is -2.16. The topological polar surface area (TPSA) is 18.5 Å². The zero-order valence-electron chi connectivity index (χ0n) is 7.52. The number of hydrogen-bond donors (Lipinski definition) is 0. The van der Waals surface area contributed by atoms with Gasteiger partial charge in [-0.1, -0.05) is 20.1 Å². The van der Waals surface area contributed by atoms with Gasteiger partial charge in [-0.2, -0.15) is 0 Å². The molecule has 0 amide bonds. The molecule has 0 saturated carbocycles. The van der Waals surface area contributed by atoms with Crippen LogP contribution in [0.15, 0.2) is 24.7 Å². The molecule has 0 aromatic rings. The Morgan fingerprint density at radius 2 is 1.55 bits per heavy atom. The van der Waals surface area contributed by atoms with E-state index in [1.165, 1.54) is 0 Å². The number of hydrogen-bond acceptors (Lipinski definition) is 2. The lowest BCUT2D eigenvalue weighted by atomic mass is 10.7. The van der Waals surface area contributed by atoms with Gasteiger partial charge in [0, 0.05) is 6.04 Å². The van der Waals surface area contributed by atoms with Crippen molar-refractivity contribution in [3.63, 3.8) is 0 Å². The molecule has 0 bridgehead atoms. The van der Waals surface area contributed by atoms with E-state index in [1.807, 2.05) is 20.8 Å². The first-order chi connectivity index (χ1) is 5.06. The van der Waals surface area contributed by atoms with Crippen molar-refractivity contribution in [3.8, 4) is 0 Å². The lowest BCUT2D eigenvalue weighted by Crippen LogP contribution is -2.19. The SMILES string of the molecule is C=C(C)O[SiH](CC)OC(=C)C. The van der Waals surface area contributed by atoms with Crippen LogP contribution in [0.4, 0.5) is 0 Å². The molecule has 0 saturated heterocycles. The Labute approximate surface area is 70.4 Å². The fourth-order valence-corrected chi connectivity index (χ4v) is 1.92. The van der Waals surface area contributed by atoms with E-state index in [2.05, 4.69) is 13.2 Å². The summed E-state index contributed by atoms with van der Waals surface area (Å²) < 4.78 is 10.7. The third kappa shape index (κ3) is 5.73. The highest BCUT2D eigenvalue weighted by Crippen LogP contribution is 2.05. The summed E-state index contributed by atoms with van der Waals surface area (Å²) >= 11 is 0. The van der Waals surface area contributed by atoms with Crippen LogP contribution in [0.25, 0.3) is 0 Å². The predicted octanol–water partition coefficient (Wildman–Crippen LogP) is 2.33. The molecule has 0 aromatic heterocycles. The van der Waals surface area contributed by atoms with Crippen molar-refractivity contribution < 1.29 is 8.85 Å². The molecule has 3 heteroatoms. The van der Waals surface area contributed by atoms with Gasteiger partial charge in [0.1, 0.15) is 0 Å². The van der Waals surface area contributed by atoms with Crippen molar-refractivity contribution in [1.29, 1.82) is 0 Å². The van der Waals surface area contributed by atoms with E-state index in [0.29, 0.717) is 0 Å². The van der Waals surface area contributed by atoms with Crippen molar-refractivity contribution in [2.75, 3.05) is 0 Å². The molecule has 0 unspecified atom stereocenters. The fraction of sp³-hybridized carbons (Fsp3) is 0.500. The van der Waals surface area contributed by atoms with E-state index in [0.717, 1.165) is 17.6 Å². The van der Waals surface area contributed by atoms with Crippen LogP contribution in [0.3, 0.4) is 0 Å². The van der Waals surface area contributed by atoms with Gasteiger partial charge in [-0.15, -0.1) is 0 Å². The maximum atomic E-state index is 5.37. The van der Waals surface area contributed by atoms with E-state index in [4.69, 9.17) is 8.85 Å². The molecule has 0 spiro atoms. The molecule has 0 radical (unpaired) electrons. The lowest BCUT2D eigenvalue weighted by molar-refractivity contribution is 0.298. The summed E-state index contributed by atoms with van der Waals surface area (Å²) in [4.78, 5) is 0. The molecular weight excluding hydrogens is 156 g/mol. The molecule has 0 atom stereocenters. The zero-order valence-corrected chi connectivity index (χ0v) is 8.67. The average molecular weight is 172 g/mol. The van der Waals surface area contributed by atoms with Crippen molar-refractivity contribution in [3.05, 3.63) is 24.7 Å². The standard InChI is InChI=1S/C8H16O2Si/c1-6-11(9-7(2)3)10-8(4)5/h11H,2,4,6H2,1,3,5H3. The van der Waals surface area contributed by atoms with Gasteiger partial charge in [-0.3, -0.25) is 0 Å². The second kappa shape index (κ2) is 5.01. The largest absolute Gasteiger partial charge is 0.519 e. The summed E-state index contributed by atoms with van der Waals surface area (Å²) in [5.41, 5.74) is 0. The smallest absolute Gasteiger partial charge is 0.443 e. The Hall–Kier alpha value is -0.703. The fourth-order valence-electron chi connectivity index (χ4n) is 0.640. The highest BCUT2D eigenvalue weighted by atomic mass is 28.3. The van der Waals surface area contributed by atoms with E-state index in [-0.39, 0.29) is 0 Å². The summed E-state index contributed by atoms with van der Waals surface area (Å²) in [5.74, 6) is 1.45. The van der Waals surface area contributed by atoms with Crippen molar-refractivity contribution in [2.24, 2.45) is 0 Å². The van der Waals surface area contributed by atoms with Gasteiger partial charge < -0.3 is 8.85 Å². The van der Waals surface area contributed by atoms with Crippen LogP contribution in [-0.2, 0) is 8.85 Å². The summed E-state index contributed by atoms with van der Waals surface area (Å²) in [7, 11) is -1.53. The van der Waals surface area contributed by atoms with Crippen LogP contribution < -0.4 is 0 Å². The molecule has 0 aliphatic heterocycles. The molecule has 0 aromatic carbocycles. The van der Waals surface area contributed by atoms with Gasteiger partial charge >= 0.3 is 9.28 Å². The molecule has 64 valence electrons. The predicted molar refractivity (Wildman–Crippen MR) is 49.4 cm³/mol. The van der Waals surface area contributed by atoms with Crippen LogP contribution in [0, 0.1) is 0 Å². The second-order valence-corrected chi connectivity index (χ2v) is 4.62. The molecule has 0 fully saturated rings. The highest BCUT2D eigenvalue weighted by molar-refractivity contribution is 6.44. The first-order valence-electron chi connectivity index (χ1n) is 3.70. The van der Waals surface area contributed by atoms with E-state index < -0.39 is 9.28 Å². The minimum Gasteiger partial charge on any atom is -0.519 e. The van der Waals surface area contributed by atoms with E-state index in [9.17, 15) is 0 Å². The second-order valence-electron chi connectivity index (χ2n) is 2.48. The third-order valence-corrected chi connectivity index (χ3v) is 3.00. The van der Waals surface area contributed by atoms with Crippen LogP contribution in [0.2, 0.25) is 6.04 Å². The van der Waals surface area contributed by atoms with Crippen LogP contribution in [0.1, 0.15) is 20.8 Å². The maximum Gasteiger partial charge on any atom is 0.443 e. The summed E-state index contributed by atoms with van der Waals surface area (Å²) in [6.45, 7) is 13.0.